The Morgan fingerprint density at radius 3 is 2.72 bits per heavy atom. The molecule has 0 spiro atoms. The number of anilines is 1. The van der Waals surface area contributed by atoms with Gasteiger partial charge in [-0.3, -0.25) is 0 Å². The van der Waals surface area contributed by atoms with Gasteiger partial charge in [0.15, 0.2) is 0 Å². The summed E-state index contributed by atoms with van der Waals surface area (Å²) < 4.78 is 0. The first-order valence-corrected chi connectivity index (χ1v) is 6.57. The Kier molecular flexibility index (Phi) is 4.07. The summed E-state index contributed by atoms with van der Waals surface area (Å²) in [6, 6.07) is 7.67. The van der Waals surface area contributed by atoms with Gasteiger partial charge in [0.05, 0.1) is 6.04 Å². The van der Waals surface area contributed by atoms with Gasteiger partial charge in [0.2, 0.25) is 0 Å². The van der Waals surface area contributed by atoms with Crippen molar-refractivity contribution in [2.75, 3.05) is 18.8 Å². The van der Waals surface area contributed by atoms with Crippen molar-refractivity contribution in [3.8, 4) is 0 Å². The van der Waals surface area contributed by atoms with Crippen LogP contribution in [0.4, 0.5) is 10.5 Å². The zero-order valence-corrected chi connectivity index (χ0v) is 10.9. The molecule has 1 aromatic carbocycles. The topological polar surface area (TPSA) is 58.4 Å². The van der Waals surface area contributed by atoms with Gasteiger partial charge in [0, 0.05) is 18.8 Å². The number of hydrogen-bond donors (Lipinski definition) is 2. The van der Waals surface area contributed by atoms with E-state index in [0.29, 0.717) is 0 Å². The number of hydrogen-bond acceptors (Lipinski definition) is 2. The summed E-state index contributed by atoms with van der Waals surface area (Å²) in [6.45, 7) is 3.72. The fourth-order valence-electron chi connectivity index (χ4n) is 2.29. The molecule has 3 N–H and O–H groups in total. The second-order valence-electron chi connectivity index (χ2n) is 4.89. The van der Waals surface area contributed by atoms with E-state index in [0.717, 1.165) is 37.2 Å². The second kappa shape index (κ2) is 5.76. The van der Waals surface area contributed by atoms with Crippen LogP contribution in [0.25, 0.3) is 0 Å². The third-order valence-electron chi connectivity index (χ3n) is 3.39. The Bertz CT molecular complexity index is 413. The van der Waals surface area contributed by atoms with Crippen molar-refractivity contribution >= 4 is 11.7 Å². The van der Waals surface area contributed by atoms with Crippen LogP contribution < -0.4 is 11.1 Å². The number of nitrogens with two attached hydrogens (primary N) is 1. The molecule has 0 saturated carbocycles. The van der Waals surface area contributed by atoms with E-state index in [9.17, 15) is 4.79 Å². The summed E-state index contributed by atoms with van der Waals surface area (Å²) in [5.41, 5.74) is 7.52. The predicted octanol–water partition coefficient (Wildman–Crippen LogP) is 2.53. The summed E-state index contributed by atoms with van der Waals surface area (Å²) in [4.78, 5) is 13.9. The minimum atomic E-state index is -0.0112. The van der Waals surface area contributed by atoms with E-state index in [2.05, 4.69) is 5.32 Å². The number of piperidine rings is 1. The molecule has 1 heterocycles. The molecular formula is C14H21N3O. The number of nitrogens with zero attached hydrogens (tertiary/aromatic N) is 1. The Hall–Kier alpha value is -1.71. The van der Waals surface area contributed by atoms with Crippen LogP contribution in [0, 0.1) is 0 Å². The van der Waals surface area contributed by atoms with Crippen LogP contribution in [0.3, 0.4) is 0 Å². The molecule has 1 aromatic rings. The molecule has 1 aliphatic rings. The quantitative estimate of drug-likeness (QED) is 0.789. The van der Waals surface area contributed by atoms with E-state index in [1.165, 1.54) is 6.42 Å². The van der Waals surface area contributed by atoms with Gasteiger partial charge in [0.1, 0.15) is 0 Å². The molecule has 0 aromatic heterocycles. The molecule has 2 amide bonds. The zero-order valence-electron chi connectivity index (χ0n) is 10.9. The standard InChI is InChI=1S/C14H21N3O/c1-11(12-6-5-7-13(15)10-12)16-14(18)17-8-3-2-4-9-17/h5-7,10-11H,2-4,8-9,15H2,1H3,(H,16,18). The highest BCUT2D eigenvalue weighted by Gasteiger charge is 2.18. The molecule has 2 rings (SSSR count). The molecule has 4 heteroatoms. The lowest BCUT2D eigenvalue weighted by Crippen LogP contribution is -2.43. The van der Waals surface area contributed by atoms with Gasteiger partial charge in [-0.15, -0.1) is 0 Å². The first-order chi connectivity index (χ1) is 8.66. The fourth-order valence-corrected chi connectivity index (χ4v) is 2.29. The van der Waals surface area contributed by atoms with Crippen LogP contribution in [0.5, 0.6) is 0 Å². The van der Waals surface area contributed by atoms with E-state index < -0.39 is 0 Å². The molecule has 1 fully saturated rings. The molecular weight excluding hydrogens is 226 g/mol. The van der Waals surface area contributed by atoms with Gasteiger partial charge < -0.3 is 16.0 Å². The predicted molar refractivity (Wildman–Crippen MR) is 73.2 cm³/mol. The van der Waals surface area contributed by atoms with Gasteiger partial charge in [-0.25, -0.2) is 4.79 Å². The number of amides is 2. The number of carbonyl (C=O) groups excluding carboxylic acids is 1. The summed E-state index contributed by atoms with van der Waals surface area (Å²) in [6.07, 6.45) is 3.45. The van der Waals surface area contributed by atoms with Gasteiger partial charge in [0.25, 0.3) is 0 Å². The second-order valence-corrected chi connectivity index (χ2v) is 4.89. The largest absolute Gasteiger partial charge is 0.399 e. The summed E-state index contributed by atoms with van der Waals surface area (Å²) in [5.74, 6) is 0. The lowest BCUT2D eigenvalue weighted by molar-refractivity contribution is 0.183. The molecule has 1 atom stereocenters. The number of nitrogen functional groups attached to an aromatic ring is 1. The van der Waals surface area contributed by atoms with Crippen LogP contribution in [-0.2, 0) is 0 Å². The minimum Gasteiger partial charge on any atom is -0.399 e. The highest BCUT2D eigenvalue weighted by Crippen LogP contribution is 2.16. The zero-order chi connectivity index (χ0) is 13.0. The third kappa shape index (κ3) is 3.15. The van der Waals surface area contributed by atoms with E-state index >= 15 is 0 Å². The minimum absolute atomic E-state index is 0.0112. The smallest absolute Gasteiger partial charge is 0.317 e. The van der Waals surface area contributed by atoms with Crippen molar-refractivity contribution in [1.82, 2.24) is 10.2 Å². The molecule has 1 aliphatic heterocycles. The van der Waals surface area contributed by atoms with Gasteiger partial charge in [-0.1, -0.05) is 12.1 Å². The number of rotatable bonds is 2. The van der Waals surface area contributed by atoms with Gasteiger partial charge in [-0.2, -0.15) is 0 Å². The molecule has 0 aliphatic carbocycles. The maximum Gasteiger partial charge on any atom is 0.317 e. The Morgan fingerprint density at radius 1 is 1.33 bits per heavy atom. The lowest BCUT2D eigenvalue weighted by atomic mass is 10.1. The maximum atomic E-state index is 12.1. The van der Waals surface area contributed by atoms with Crippen LogP contribution in [0.1, 0.15) is 37.8 Å². The Balaban J connectivity index is 1.94. The monoisotopic (exact) mass is 247 g/mol. The average molecular weight is 247 g/mol. The summed E-state index contributed by atoms with van der Waals surface area (Å²) in [7, 11) is 0. The Labute approximate surface area is 108 Å². The SMILES string of the molecule is CC(NC(=O)N1CCCCC1)c1cccc(N)c1. The van der Waals surface area contributed by atoms with Crippen molar-refractivity contribution in [2.45, 2.75) is 32.2 Å². The number of urea groups is 1. The van der Waals surface area contributed by atoms with E-state index in [1.807, 2.05) is 36.1 Å². The third-order valence-corrected chi connectivity index (χ3v) is 3.39. The molecule has 1 saturated heterocycles. The number of likely N-dealkylation sites (tertiary alicyclic amines) is 1. The molecule has 4 nitrogen and oxygen atoms in total. The molecule has 0 bridgehead atoms. The van der Waals surface area contributed by atoms with E-state index in [1.54, 1.807) is 0 Å². The normalized spacial score (nSPS) is 17.3. The van der Waals surface area contributed by atoms with Crippen LogP contribution in [-0.4, -0.2) is 24.0 Å². The first-order valence-electron chi connectivity index (χ1n) is 6.57. The number of nitrogens with one attached hydrogen (secondary N) is 1. The van der Waals surface area contributed by atoms with E-state index in [-0.39, 0.29) is 12.1 Å². The van der Waals surface area contributed by atoms with Crippen LogP contribution >= 0.6 is 0 Å². The highest BCUT2D eigenvalue weighted by atomic mass is 16.2. The van der Waals surface area contributed by atoms with Crippen molar-refractivity contribution < 1.29 is 4.79 Å². The summed E-state index contributed by atoms with van der Waals surface area (Å²) in [5, 5.41) is 3.02. The van der Waals surface area contributed by atoms with Crippen LogP contribution in [0.15, 0.2) is 24.3 Å². The molecule has 0 radical (unpaired) electrons. The molecule has 1 unspecified atom stereocenters. The van der Waals surface area contributed by atoms with Crippen molar-refractivity contribution in [2.24, 2.45) is 0 Å². The average Bonchev–Trinajstić information content (AvgIpc) is 2.39. The summed E-state index contributed by atoms with van der Waals surface area (Å²) >= 11 is 0. The van der Waals surface area contributed by atoms with Crippen LogP contribution in [0.2, 0.25) is 0 Å². The van der Waals surface area contributed by atoms with Gasteiger partial charge in [-0.05, 0) is 43.9 Å². The van der Waals surface area contributed by atoms with Crippen molar-refractivity contribution in [3.05, 3.63) is 29.8 Å². The number of carbonyl (C=O) groups is 1. The van der Waals surface area contributed by atoms with E-state index in [4.69, 9.17) is 5.73 Å². The van der Waals surface area contributed by atoms with Gasteiger partial charge >= 0.3 is 6.03 Å². The first kappa shape index (κ1) is 12.7. The highest BCUT2D eigenvalue weighted by molar-refractivity contribution is 5.74. The number of benzene rings is 1. The Morgan fingerprint density at radius 2 is 2.06 bits per heavy atom. The fraction of sp³-hybridized carbons (Fsp3) is 0.500. The maximum absolute atomic E-state index is 12.1. The molecule has 18 heavy (non-hydrogen) atoms. The molecule has 98 valence electrons. The lowest BCUT2D eigenvalue weighted by Gasteiger charge is -2.28. The van der Waals surface area contributed by atoms with Crippen molar-refractivity contribution in [1.29, 1.82) is 0 Å². The van der Waals surface area contributed by atoms with Crippen molar-refractivity contribution in [3.63, 3.8) is 0 Å².